The van der Waals surface area contributed by atoms with Gasteiger partial charge in [-0.15, -0.1) is 34.2 Å². The average Bonchev–Trinajstić information content (AvgIpc) is 3.05. The minimum Gasteiger partial charge on any atom is -0.354 e. The number of hydrogen-bond donors (Lipinski definition) is 1. The molecule has 1 aromatic heterocycles. The quantitative estimate of drug-likeness (QED) is 0.270. The molecule has 1 heterocycles. The summed E-state index contributed by atoms with van der Waals surface area (Å²) in [6.45, 7) is 10.4. The minimum absolute atomic E-state index is 0. The number of benzene rings is 1. The molecule has 0 fully saturated rings. The maximum absolute atomic E-state index is 13.4. The molecule has 1 N–H and O–H groups in total. The molecule has 148 valence electrons. The Labute approximate surface area is 177 Å². The number of aryl methyl sites for hydroxylation is 1. The van der Waals surface area contributed by atoms with Crippen LogP contribution in [-0.2, 0) is 19.5 Å². The maximum Gasteiger partial charge on any atom is 0.194 e. The summed E-state index contributed by atoms with van der Waals surface area (Å²) in [4.78, 5) is 6.58. The predicted molar refractivity (Wildman–Crippen MR) is 118 cm³/mol. The Morgan fingerprint density at radius 2 is 2.19 bits per heavy atom. The van der Waals surface area contributed by atoms with Crippen molar-refractivity contribution in [2.24, 2.45) is 4.99 Å². The number of halogens is 2. The van der Waals surface area contributed by atoms with Crippen LogP contribution in [0, 0.1) is 5.82 Å². The summed E-state index contributed by atoms with van der Waals surface area (Å²) >= 11 is 0. The lowest BCUT2D eigenvalue weighted by Gasteiger charge is -2.23. The molecular weight excluding hydrogens is 458 g/mol. The molecule has 0 radical (unpaired) electrons. The van der Waals surface area contributed by atoms with Gasteiger partial charge in [-0.2, -0.15) is 0 Å². The summed E-state index contributed by atoms with van der Waals surface area (Å²) in [7, 11) is 1.94. The number of rotatable bonds is 8. The number of hydrogen-bond acceptors (Lipinski definition) is 3. The molecule has 0 atom stereocenters. The Bertz CT molecular complexity index is 758. The van der Waals surface area contributed by atoms with Crippen molar-refractivity contribution in [1.29, 1.82) is 0 Å². The third-order valence-electron chi connectivity index (χ3n) is 3.82. The van der Waals surface area contributed by atoms with Crippen LogP contribution in [0.4, 0.5) is 4.39 Å². The molecule has 0 aliphatic carbocycles. The van der Waals surface area contributed by atoms with Crippen molar-refractivity contribution in [2.45, 2.75) is 33.4 Å². The summed E-state index contributed by atoms with van der Waals surface area (Å²) in [5, 5.41) is 11.4. The van der Waals surface area contributed by atoms with Crippen molar-refractivity contribution < 1.29 is 4.39 Å². The Balaban J connectivity index is 0.00000364. The smallest absolute Gasteiger partial charge is 0.194 e. The van der Waals surface area contributed by atoms with Crippen molar-refractivity contribution in [3.8, 4) is 0 Å². The number of aromatic nitrogens is 3. The Morgan fingerprint density at radius 1 is 1.41 bits per heavy atom. The molecule has 0 unspecified atom stereocenters. The van der Waals surface area contributed by atoms with Crippen LogP contribution in [-0.4, -0.2) is 45.8 Å². The summed E-state index contributed by atoms with van der Waals surface area (Å²) < 4.78 is 15.4. The van der Waals surface area contributed by atoms with Gasteiger partial charge in [-0.3, -0.25) is 0 Å². The van der Waals surface area contributed by atoms with Crippen LogP contribution in [0.25, 0.3) is 0 Å². The highest BCUT2D eigenvalue weighted by molar-refractivity contribution is 14.0. The standard InChI is InChI=1S/C19H27FN6.HI/c1-5-18-24-23-14-26(18)10-9-21-19(22-12-15(2)3)25(4)13-16-7-6-8-17(20)11-16;/h6-8,11,14H,2,5,9-10,12-13H2,1,3-4H3,(H,21,22);1H. The monoisotopic (exact) mass is 486 g/mol. The normalized spacial score (nSPS) is 11.0. The van der Waals surface area contributed by atoms with Crippen molar-refractivity contribution in [2.75, 3.05) is 20.1 Å². The maximum atomic E-state index is 13.4. The van der Waals surface area contributed by atoms with E-state index in [2.05, 4.69) is 34.0 Å². The van der Waals surface area contributed by atoms with Crippen LogP contribution in [0.1, 0.15) is 25.2 Å². The zero-order valence-corrected chi connectivity index (χ0v) is 18.5. The SMILES string of the molecule is C=C(C)CN=C(NCCn1cnnc1CC)N(C)Cc1cccc(F)c1.I. The van der Waals surface area contributed by atoms with Crippen LogP contribution in [0.2, 0.25) is 0 Å². The number of nitrogens with one attached hydrogen (secondary N) is 1. The van der Waals surface area contributed by atoms with Gasteiger partial charge in [0.2, 0.25) is 0 Å². The molecule has 0 aliphatic rings. The fourth-order valence-corrected chi connectivity index (χ4v) is 2.53. The highest BCUT2D eigenvalue weighted by Gasteiger charge is 2.09. The number of guanidine groups is 1. The zero-order chi connectivity index (χ0) is 18.9. The van der Waals surface area contributed by atoms with Crippen LogP contribution in [0.15, 0.2) is 47.7 Å². The first kappa shape index (κ1) is 23.1. The van der Waals surface area contributed by atoms with Gasteiger partial charge >= 0.3 is 0 Å². The first-order chi connectivity index (χ1) is 12.5. The van der Waals surface area contributed by atoms with E-state index in [-0.39, 0.29) is 29.8 Å². The Kier molecular flexibility index (Phi) is 9.98. The number of nitrogens with zero attached hydrogens (tertiary/aromatic N) is 5. The van der Waals surface area contributed by atoms with Gasteiger partial charge in [0.1, 0.15) is 18.0 Å². The van der Waals surface area contributed by atoms with Crippen LogP contribution in [0.3, 0.4) is 0 Å². The van der Waals surface area contributed by atoms with Gasteiger partial charge in [0.05, 0.1) is 6.54 Å². The van der Waals surface area contributed by atoms with Gasteiger partial charge in [-0.25, -0.2) is 9.38 Å². The molecule has 0 saturated heterocycles. The van der Waals surface area contributed by atoms with E-state index >= 15 is 0 Å². The summed E-state index contributed by atoms with van der Waals surface area (Å²) in [6.07, 6.45) is 2.58. The molecule has 1 aromatic carbocycles. The average molecular weight is 486 g/mol. The number of aliphatic imine (C=N–C) groups is 1. The Morgan fingerprint density at radius 3 is 2.85 bits per heavy atom. The van der Waals surface area contributed by atoms with E-state index in [1.807, 2.05) is 29.5 Å². The van der Waals surface area contributed by atoms with E-state index in [9.17, 15) is 4.39 Å². The second-order valence-electron chi connectivity index (χ2n) is 6.30. The topological polar surface area (TPSA) is 58.3 Å². The molecule has 2 rings (SSSR count). The predicted octanol–water partition coefficient (Wildman–Crippen LogP) is 3.25. The summed E-state index contributed by atoms with van der Waals surface area (Å²) in [5.74, 6) is 1.48. The third kappa shape index (κ3) is 7.66. The van der Waals surface area contributed by atoms with Gasteiger partial charge in [0.25, 0.3) is 0 Å². The van der Waals surface area contributed by atoms with Crippen LogP contribution in [0.5, 0.6) is 0 Å². The van der Waals surface area contributed by atoms with E-state index in [1.54, 1.807) is 12.4 Å². The van der Waals surface area contributed by atoms with Crippen molar-refractivity contribution >= 4 is 29.9 Å². The van der Waals surface area contributed by atoms with Gasteiger partial charge in [-0.05, 0) is 24.6 Å². The molecule has 0 saturated carbocycles. The zero-order valence-electron chi connectivity index (χ0n) is 16.2. The molecule has 6 nitrogen and oxygen atoms in total. The molecular formula is C19H28FIN6. The van der Waals surface area contributed by atoms with Gasteiger partial charge in [0, 0.05) is 33.1 Å². The highest BCUT2D eigenvalue weighted by atomic mass is 127. The first-order valence-electron chi connectivity index (χ1n) is 8.74. The van der Waals surface area contributed by atoms with E-state index in [0.29, 0.717) is 19.6 Å². The lowest BCUT2D eigenvalue weighted by Crippen LogP contribution is -2.40. The molecule has 0 amide bonds. The summed E-state index contributed by atoms with van der Waals surface area (Å²) in [5.41, 5.74) is 1.87. The fraction of sp³-hybridized carbons (Fsp3) is 0.421. The van der Waals surface area contributed by atoms with E-state index in [4.69, 9.17) is 0 Å². The van der Waals surface area contributed by atoms with Gasteiger partial charge in [0.15, 0.2) is 5.96 Å². The molecule has 0 spiro atoms. The second-order valence-corrected chi connectivity index (χ2v) is 6.30. The lowest BCUT2D eigenvalue weighted by molar-refractivity contribution is 0.469. The van der Waals surface area contributed by atoms with Crippen molar-refractivity contribution in [3.63, 3.8) is 0 Å². The summed E-state index contributed by atoms with van der Waals surface area (Å²) in [6, 6.07) is 6.61. The van der Waals surface area contributed by atoms with E-state index in [0.717, 1.165) is 35.9 Å². The van der Waals surface area contributed by atoms with Gasteiger partial charge in [-0.1, -0.05) is 31.2 Å². The molecule has 27 heavy (non-hydrogen) atoms. The highest BCUT2D eigenvalue weighted by Crippen LogP contribution is 2.07. The first-order valence-corrected chi connectivity index (χ1v) is 8.74. The van der Waals surface area contributed by atoms with E-state index in [1.165, 1.54) is 12.1 Å². The van der Waals surface area contributed by atoms with Gasteiger partial charge < -0.3 is 14.8 Å². The largest absolute Gasteiger partial charge is 0.354 e. The molecule has 8 heteroatoms. The third-order valence-corrected chi connectivity index (χ3v) is 3.82. The molecule has 0 aliphatic heterocycles. The second kappa shape index (κ2) is 11.7. The van der Waals surface area contributed by atoms with E-state index < -0.39 is 0 Å². The minimum atomic E-state index is -0.232. The van der Waals surface area contributed by atoms with Crippen molar-refractivity contribution in [1.82, 2.24) is 25.0 Å². The fourth-order valence-electron chi connectivity index (χ4n) is 2.53. The molecule has 2 aromatic rings. The Hall–Kier alpha value is -1.97. The molecule has 0 bridgehead atoms. The lowest BCUT2D eigenvalue weighted by atomic mass is 10.2. The van der Waals surface area contributed by atoms with Crippen LogP contribution >= 0.6 is 24.0 Å². The van der Waals surface area contributed by atoms with Crippen molar-refractivity contribution in [3.05, 3.63) is 59.9 Å². The van der Waals surface area contributed by atoms with Crippen LogP contribution < -0.4 is 5.32 Å².